The largest absolute Gasteiger partial charge is 0.369 e. The molecule has 0 amide bonds. The van der Waals surface area contributed by atoms with Gasteiger partial charge in [-0.05, 0) is 12.5 Å². The fourth-order valence-corrected chi connectivity index (χ4v) is 1.96. The fraction of sp³-hybridized carbons (Fsp3) is 0.333. The average molecular weight is 272 g/mol. The normalized spacial score (nSPS) is 10.8. The summed E-state index contributed by atoms with van der Waals surface area (Å²) >= 11 is 0. The second kappa shape index (κ2) is 5.55. The van der Waals surface area contributed by atoms with E-state index in [1.54, 1.807) is 19.4 Å². The minimum Gasteiger partial charge on any atom is -0.369 e. The van der Waals surface area contributed by atoms with Crippen molar-refractivity contribution in [2.24, 2.45) is 0 Å². The predicted octanol–water partition coefficient (Wildman–Crippen LogP) is 1.09. The summed E-state index contributed by atoms with van der Waals surface area (Å²) in [6.45, 7) is 1.68. The Hall–Kier alpha value is -2.64. The average Bonchev–Trinajstić information content (AvgIpc) is 3.13. The first-order valence-electron chi connectivity index (χ1n) is 6.47. The van der Waals surface area contributed by atoms with Crippen molar-refractivity contribution in [3.8, 4) is 0 Å². The second-order valence-electron chi connectivity index (χ2n) is 4.33. The van der Waals surface area contributed by atoms with Crippen LogP contribution in [0.25, 0.3) is 11.0 Å². The molecular weight excluding hydrogens is 256 g/mol. The van der Waals surface area contributed by atoms with E-state index >= 15 is 0 Å². The summed E-state index contributed by atoms with van der Waals surface area (Å²) in [5, 5.41) is 18.2. The Morgan fingerprint density at radius 1 is 1.35 bits per heavy atom. The summed E-state index contributed by atoms with van der Waals surface area (Å²) in [5.74, 6) is 1.35. The number of fused-ring (bicyclic) bond motifs is 1. The molecule has 0 aliphatic carbocycles. The Morgan fingerprint density at radius 3 is 3.10 bits per heavy atom. The third-order valence-electron chi connectivity index (χ3n) is 2.95. The second-order valence-corrected chi connectivity index (χ2v) is 4.33. The Balaban J connectivity index is 1.65. The van der Waals surface area contributed by atoms with Gasteiger partial charge in [0.15, 0.2) is 5.65 Å². The minimum atomic E-state index is 0.566. The number of aryl methyl sites for hydroxylation is 1. The molecule has 3 heterocycles. The van der Waals surface area contributed by atoms with Crippen molar-refractivity contribution in [1.82, 2.24) is 29.9 Å². The van der Waals surface area contributed by atoms with Gasteiger partial charge in [0.2, 0.25) is 5.95 Å². The highest BCUT2D eigenvalue weighted by Gasteiger charge is 2.08. The van der Waals surface area contributed by atoms with E-state index in [1.807, 2.05) is 16.9 Å². The van der Waals surface area contributed by atoms with Crippen LogP contribution >= 0.6 is 0 Å². The highest BCUT2D eigenvalue weighted by molar-refractivity contribution is 5.86. The summed E-state index contributed by atoms with van der Waals surface area (Å²) in [4.78, 5) is 8.70. The van der Waals surface area contributed by atoms with E-state index in [4.69, 9.17) is 0 Å². The van der Waals surface area contributed by atoms with Crippen LogP contribution < -0.4 is 10.6 Å². The standard InChI is InChI=1S/C12H16N8/c1-13-12-17-10(9-8-15-19-11(9)18-12)14-4-2-6-20-7-3-5-16-20/h3,5,7-8H,2,4,6H2,1H3,(H3,13,14,15,17,18,19). The lowest BCUT2D eigenvalue weighted by molar-refractivity contribution is 0.591. The molecule has 0 fully saturated rings. The maximum atomic E-state index is 4.41. The third kappa shape index (κ3) is 2.53. The zero-order chi connectivity index (χ0) is 13.8. The first-order valence-corrected chi connectivity index (χ1v) is 6.47. The lowest BCUT2D eigenvalue weighted by atomic mass is 10.3. The van der Waals surface area contributed by atoms with Crippen LogP contribution in [0.15, 0.2) is 24.7 Å². The fourth-order valence-electron chi connectivity index (χ4n) is 1.96. The number of hydrogen-bond acceptors (Lipinski definition) is 6. The molecule has 104 valence electrons. The van der Waals surface area contributed by atoms with Gasteiger partial charge in [0.25, 0.3) is 0 Å². The first kappa shape index (κ1) is 12.4. The molecule has 8 nitrogen and oxygen atoms in total. The molecule has 0 aliphatic rings. The molecule has 0 unspecified atom stereocenters. The molecule has 3 aromatic heterocycles. The van der Waals surface area contributed by atoms with Crippen LogP contribution in [0.3, 0.4) is 0 Å². The molecule has 0 atom stereocenters. The van der Waals surface area contributed by atoms with Gasteiger partial charge in [0, 0.05) is 32.5 Å². The van der Waals surface area contributed by atoms with Gasteiger partial charge >= 0.3 is 0 Å². The molecule has 0 radical (unpaired) electrons. The van der Waals surface area contributed by atoms with Gasteiger partial charge in [-0.2, -0.15) is 20.2 Å². The minimum absolute atomic E-state index is 0.566. The van der Waals surface area contributed by atoms with E-state index in [0.717, 1.165) is 36.4 Å². The number of H-pyrrole nitrogens is 1. The monoisotopic (exact) mass is 272 g/mol. The van der Waals surface area contributed by atoms with Crippen molar-refractivity contribution >= 4 is 22.8 Å². The summed E-state index contributed by atoms with van der Waals surface area (Å²) < 4.78 is 1.91. The van der Waals surface area contributed by atoms with Crippen molar-refractivity contribution in [2.75, 3.05) is 24.2 Å². The molecule has 0 saturated carbocycles. The molecule has 3 rings (SSSR count). The van der Waals surface area contributed by atoms with Gasteiger partial charge in [-0.3, -0.25) is 9.78 Å². The van der Waals surface area contributed by atoms with Crippen LogP contribution in [0.4, 0.5) is 11.8 Å². The molecular formula is C12H16N8. The molecule has 0 spiro atoms. The van der Waals surface area contributed by atoms with Crippen molar-refractivity contribution in [2.45, 2.75) is 13.0 Å². The zero-order valence-electron chi connectivity index (χ0n) is 11.2. The van der Waals surface area contributed by atoms with Gasteiger partial charge in [0.1, 0.15) is 5.82 Å². The van der Waals surface area contributed by atoms with Crippen molar-refractivity contribution in [3.63, 3.8) is 0 Å². The topological polar surface area (TPSA) is 96.3 Å². The van der Waals surface area contributed by atoms with Gasteiger partial charge in [-0.1, -0.05) is 0 Å². The van der Waals surface area contributed by atoms with Crippen LogP contribution in [0.5, 0.6) is 0 Å². The van der Waals surface area contributed by atoms with Gasteiger partial charge in [-0.15, -0.1) is 0 Å². The van der Waals surface area contributed by atoms with Crippen LogP contribution in [0.1, 0.15) is 6.42 Å². The van der Waals surface area contributed by atoms with Gasteiger partial charge in [-0.25, -0.2) is 0 Å². The van der Waals surface area contributed by atoms with E-state index in [0.29, 0.717) is 5.95 Å². The van der Waals surface area contributed by atoms with E-state index in [2.05, 4.69) is 35.9 Å². The van der Waals surface area contributed by atoms with Crippen LogP contribution in [0, 0.1) is 0 Å². The molecule has 3 aromatic rings. The Morgan fingerprint density at radius 2 is 2.30 bits per heavy atom. The molecule has 0 aromatic carbocycles. The maximum absolute atomic E-state index is 4.41. The van der Waals surface area contributed by atoms with Gasteiger partial charge < -0.3 is 10.6 Å². The highest BCUT2D eigenvalue weighted by Crippen LogP contribution is 2.19. The van der Waals surface area contributed by atoms with E-state index in [-0.39, 0.29) is 0 Å². The number of nitrogens with one attached hydrogen (secondary N) is 3. The quantitative estimate of drug-likeness (QED) is 0.581. The summed E-state index contributed by atoms with van der Waals surface area (Å²) in [6.07, 6.45) is 6.43. The van der Waals surface area contributed by atoms with Crippen LogP contribution in [-0.2, 0) is 6.54 Å². The Bertz CT molecular complexity index is 672. The molecule has 3 N–H and O–H groups in total. The zero-order valence-corrected chi connectivity index (χ0v) is 11.2. The summed E-state index contributed by atoms with van der Waals surface area (Å²) in [5.41, 5.74) is 0.721. The number of nitrogens with zero attached hydrogens (tertiary/aromatic N) is 5. The number of hydrogen-bond donors (Lipinski definition) is 3. The molecule has 0 bridgehead atoms. The van der Waals surface area contributed by atoms with Crippen molar-refractivity contribution in [1.29, 1.82) is 0 Å². The Kier molecular flexibility index (Phi) is 3.44. The van der Waals surface area contributed by atoms with Crippen LogP contribution in [0.2, 0.25) is 0 Å². The number of anilines is 2. The lowest BCUT2D eigenvalue weighted by Crippen LogP contribution is -2.09. The number of rotatable bonds is 6. The molecule has 0 saturated heterocycles. The van der Waals surface area contributed by atoms with E-state index in [9.17, 15) is 0 Å². The first-order chi connectivity index (χ1) is 9.86. The summed E-state index contributed by atoms with van der Waals surface area (Å²) in [7, 11) is 1.79. The molecule has 8 heteroatoms. The van der Waals surface area contributed by atoms with Crippen molar-refractivity contribution in [3.05, 3.63) is 24.7 Å². The molecule has 0 aliphatic heterocycles. The maximum Gasteiger partial charge on any atom is 0.226 e. The SMILES string of the molecule is CNc1nc(NCCCn2cccn2)c2cn[nH]c2n1. The predicted molar refractivity (Wildman–Crippen MR) is 76.6 cm³/mol. The summed E-state index contributed by atoms with van der Waals surface area (Å²) in [6, 6.07) is 1.92. The number of aromatic nitrogens is 6. The Labute approximate surface area is 115 Å². The smallest absolute Gasteiger partial charge is 0.226 e. The lowest BCUT2D eigenvalue weighted by Gasteiger charge is -2.08. The van der Waals surface area contributed by atoms with E-state index < -0.39 is 0 Å². The third-order valence-corrected chi connectivity index (χ3v) is 2.95. The highest BCUT2D eigenvalue weighted by atomic mass is 15.3. The van der Waals surface area contributed by atoms with Crippen LogP contribution in [-0.4, -0.2) is 43.5 Å². The van der Waals surface area contributed by atoms with Crippen molar-refractivity contribution < 1.29 is 0 Å². The van der Waals surface area contributed by atoms with E-state index in [1.165, 1.54) is 0 Å². The molecule has 20 heavy (non-hydrogen) atoms. The van der Waals surface area contributed by atoms with Gasteiger partial charge in [0.05, 0.1) is 11.6 Å². The number of aromatic amines is 1.